The third-order valence-electron chi connectivity index (χ3n) is 5.47. The van der Waals surface area contributed by atoms with Crippen LogP contribution in [0, 0.1) is 0 Å². The molecule has 0 radical (unpaired) electrons. The van der Waals surface area contributed by atoms with Gasteiger partial charge >= 0.3 is 5.97 Å². The summed E-state index contributed by atoms with van der Waals surface area (Å²) < 4.78 is 6.88. The minimum Gasteiger partial charge on any atom is -0.465 e. The lowest BCUT2D eigenvalue weighted by molar-refractivity contribution is -0.113. The van der Waals surface area contributed by atoms with Crippen LogP contribution in [0.3, 0.4) is 0 Å². The minimum atomic E-state index is -0.412. The number of methoxy groups -OCH3 is 1. The van der Waals surface area contributed by atoms with Crippen molar-refractivity contribution in [3.63, 3.8) is 0 Å². The number of thioether (sulfide) groups is 1. The quantitative estimate of drug-likeness (QED) is 0.421. The highest BCUT2D eigenvalue weighted by atomic mass is 32.2. The molecule has 3 aromatic rings. The highest BCUT2D eigenvalue weighted by Crippen LogP contribution is 2.35. The fourth-order valence-electron chi connectivity index (χ4n) is 3.88. The molecule has 0 saturated heterocycles. The van der Waals surface area contributed by atoms with Crippen molar-refractivity contribution in [2.45, 2.75) is 43.3 Å². The number of hydrogen-bond acceptors (Lipinski definition) is 7. The molecule has 1 fully saturated rings. The van der Waals surface area contributed by atoms with Crippen LogP contribution in [0.1, 0.15) is 48.5 Å². The van der Waals surface area contributed by atoms with E-state index in [1.807, 2.05) is 12.1 Å². The van der Waals surface area contributed by atoms with E-state index in [0.717, 1.165) is 29.4 Å². The van der Waals surface area contributed by atoms with Gasteiger partial charge in [0.05, 0.1) is 18.4 Å². The molecule has 4 rings (SSSR count). The Bertz CT molecular complexity index is 1060. The SMILES string of the molecule is COC(=O)c1ccc(NC(=O)CSc2nnc(-c3ccncc3)n2C2CCCCC2)cc1. The zero-order valence-corrected chi connectivity index (χ0v) is 18.7. The molecule has 2 heterocycles. The van der Waals surface area contributed by atoms with E-state index < -0.39 is 5.97 Å². The average Bonchev–Trinajstić information content (AvgIpc) is 3.28. The van der Waals surface area contributed by atoms with Gasteiger partial charge in [-0.15, -0.1) is 10.2 Å². The van der Waals surface area contributed by atoms with Crippen LogP contribution in [0.15, 0.2) is 53.9 Å². The second-order valence-electron chi connectivity index (χ2n) is 7.61. The van der Waals surface area contributed by atoms with Crippen LogP contribution >= 0.6 is 11.8 Å². The fraction of sp³-hybridized carbons (Fsp3) is 0.348. The summed E-state index contributed by atoms with van der Waals surface area (Å²) in [5.74, 6) is 0.468. The molecule has 166 valence electrons. The Balaban J connectivity index is 1.46. The summed E-state index contributed by atoms with van der Waals surface area (Å²) in [6.07, 6.45) is 9.30. The number of carbonyl (C=O) groups is 2. The van der Waals surface area contributed by atoms with E-state index in [4.69, 9.17) is 4.74 Å². The number of benzene rings is 1. The summed E-state index contributed by atoms with van der Waals surface area (Å²) in [7, 11) is 1.33. The summed E-state index contributed by atoms with van der Waals surface area (Å²) in [4.78, 5) is 28.2. The van der Waals surface area contributed by atoms with Crippen molar-refractivity contribution in [3.8, 4) is 11.4 Å². The van der Waals surface area contributed by atoms with Crippen molar-refractivity contribution >= 4 is 29.3 Å². The molecule has 0 bridgehead atoms. The summed E-state index contributed by atoms with van der Waals surface area (Å²) >= 11 is 1.38. The number of esters is 1. The normalized spacial score (nSPS) is 14.2. The lowest BCUT2D eigenvalue weighted by Crippen LogP contribution is -2.17. The van der Waals surface area contributed by atoms with Gasteiger partial charge in [-0.25, -0.2) is 4.79 Å². The highest BCUT2D eigenvalue weighted by Gasteiger charge is 2.24. The number of nitrogens with zero attached hydrogens (tertiary/aromatic N) is 4. The Morgan fingerprint density at radius 3 is 2.47 bits per heavy atom. The summed E-state index contributed by atoms with van der Waals surface area (Å²) in [6, 6.07) is 10.8. The number of anilines is 1. The monoisotopic (exact) mass is 451 g/mol. The van der Waals surface area contributed by atoms with Crippen molar-refractivity contribution in [1.82, 2.24) is 19.7 Å². The van der Waals surface area contributed by atoms with Crippen molar-refractivity contribution in [2.75, 3.05) is 18.2 Å². The number of amides is 1. The van der Waals surface area contributed by atoms with Gasteiger partial charge in [-0.05, 0) is 49.2 Å². The Hall–Kier alpha value is -3.20. The molecule has 2 aromatic heterocycles. The van der Waals surface area contributed by atoms with E-state index >= 15 is 0 Å². The molecule has 1 aromatic carbocycles. The molecular weight excluding hydrogens is 426 g/mol. The number of rotatable bonds is 7. The van der Waals surface area contributed by atoms with Gasteiger partial charge in [0.1, 0.15) is 0 Å². The van der Waals surface area contributed by atoms with E-state index in [9.17, 15) is 9.59 Å². The largest absolute Gasteiger partial charge is 0.465 e. The number of aromatic nitrogens is 4. The molecule has 9 heteroatoms. The standard InChI is InChI=1S/C23H25N5O3S/c1-31-22(30)17-7-9-18(10-8-17)25-20(29)15-32-23-27-26-21(16-11-13-24-14-12-16)28(23)19-5-3-2-4-6-19/h7-14,19H,2-6,15H2,1H3,(H,25,29). The van der Waals surface area contributed by atoms with Gasteiger partial charge in [-0.1, -0.05) is 31.0 Å². The summed E-state index contributed by atoms with van der Waals surface area (Å²) in [6.45, 7) is 0. The third kappa shape index (κ3) is 5.16. The van der Waals surface area contributed by atoms with Crippen LogP contribution in [-0.2, 0) is 9.53 Å². The van der Waals surface area contributed by atoms with Gasteiger partial charge in [0.25, 0.3) is 0 Å². The number of pyridine rings is 1. The fourth-order valence-corrected chi connectivity index (χ4v) is 4.68. The first-order valence-corrected chi connectivity index (χ1v) is 11.6. The van der Waals surface area contributed by atoms with Gasteiger partial charge in [0, 0.05) is 29.7 Å². The zero-order valence-electron chi connectivity index (χ0n) is 17.9. The van der Waals surface area contributed by atoms with E-state index in [1.165, 1.54) is 38.1 Å². The molecule has 1 aliphatic rings. The molecule has 8 nitrogen and oxygen atoms in total. The second kappa shape index (κ2) is 10.4. The Morgan fingerprint density at radius 1 is 1.06 bits per heavy atom. The molecule has 1 amide bonds. The molecule has 1 saturated carbocycles. The molecule has 0 aliphatic heterocycles. The van der Waals surface area contributed by atoms with Crippen LogP contribution in [-0.4, -0.2) is 44.5 Å². The van der Waals surface area contributed by atoms with E-state index in [-0.39, 0.29) is 11.7 Å². The van der Waals surface area contributed by atoms with Gasteiger partial charge < -0.3 is 10.1 Å². The van der Waals surface area contributed by atoms with Crippen molar-refractivity contribution in [1.29, 1.82) is 0 Å². The second-order valence-corrected chi connectivity index (χ2v) is 8.55. The molecule has 32 heavy (non-hydrogen) atoms. The van der Waals surface area contributed by atoms with Gasteiger partial charge in [0.2, 0.25) is 5.91 Å². The van der Waals surface area contributed by atoms with Crippen LogP contribution in [0.2, 0.25) is 0 Å². The van der Waals surface area contributed by atoms with E-state index in [0.29, 0.717) is 17.3 Å². The topological polar surface area (TPSA) is 99.0 Å². The van der Waals surface area contributed by atoms with Crippen LogP contribution < -0.4 is 5.32 Å². The Kier molecular flexibility index (Phi) is 7.16. The first-order valence-electron chi connectivity index (χ1n) is 10.6. The van der Waals surface area contributed by atoms with Gasteiger partial charge in [-0.3, -0.25) is 14.3 Å². The minimum absolute atomic E-state index is 0.149. The summed E-state index contributed by atoms with van der Waals surface area (Å²) in [5.41, 5.74) is 2.03. The number of ether oxygens (including phenoxy) is 1. The predicted molar refractivity (Wildman–Crippen MR) is 123 cm³/mol. The van der Waals surface area contributed by atoms with Gasteiger partial charge in [-0.2, -0.15) is 0 Å². The van der Waals surface area contributed by atoms with Gasteiger partial charge in [0.15, 0.2) is 11.0 Å². The third-order valence-corrected chi connectivity index (χ3v) is 6.41. The first-order chi connectivity index (χ1) is 15.7. The maximum absolute atomic E-state index is 12.5. The molecule has 1 aliphatic carbocycles. The number of nitrogens with one attached hydrogen (secondary N) is 1. The van der Waals surface area contributed by atoms with Crippen LogP contribution in [0.4, 0.5) is 5.69 Å². The summed E-state index contributed by atoms with van der Waals surface area (Å²) in [5, 5.41) is 12.5. The first kappa shape index (κ1) is 22.0. The van der Waals surface area contributed by atoms with Crippen LogP contribution in [0.5, 0.6) is 0 Å². The van der Waals surface area contributed by atoms with Crippen LogP contribution in [0.25, 0.3) is 11.4 Å². The lowest BCUT2D eigenvalue weighted by Gasteiger charge is -2.25. The van der Waals surface area contributed by atoms with Crippen molar-refractivity contribution < 1.29 is 14.3 Å². The molecular formula is C23H25N5O3S. The predicted octanol–water partition coefficient (Wildman–Crippen LogP) is 4.36. The zero-order chi connectivity index (χ0) is 22.3. The lowest BCUT2D eigenvalue weighted by atomic mass is 9.95. The molecule has 1 N–H and O–H groups in total. The Labute approximate surface area is 190 Å². The Morgan fingerprint density at radius 2 is 1.78 bits per heavy atom. The van der Waals surface area contributed by atoms with E-state index in [1.54, 1.807) is 36.7 Å². The maximum Gasteiger partial charge on any atom is 0.337 e. The molecule has 0 spiro atoms. The highest BCUT2D eigenvalue weighted by molar-refractivity contribution is 7.99. The molecule has 0 unspecified atom stereocenters. The smallest absolute Gasteiger partial charge is 0.337 e. The average molecular weight is 452 g/mol. The molecule has 0 atom stereocenters. The van der Waals surface area contributed by atoms with E-state index in [2.05, 4.69) is 25.1 Å². The maximum atomic E-state index is 12.5. The number of hydrogen-bond donors (Lipinski definition) is 1. The number of carbonyl (C=O) groups excluding carboxylic acids is 2. The van der Waals surface area contributed by atoms with Crippen molar-refractivity contribution in [2.24, 2.45) is 0 Å². The van der Waals surface area contributed by atoms with Crippen molar-refractivity contribution in [3.05, 3.63) is 54.4 Å².